The fourth-order valence-corrected chi connectivity index (χ4v) is 2.80. The fraction of sp³-hybridized carbons (Fsp3) is 0.133. The number of carbonyl (C=O) groups is 1. The maximum Gasteiger partial charge on any atom is 0.321 e. The molecule has 0 bridgehead atoms. The lowest BCUT2D eigenvalue weighted by atomic mass is 10.1. The Labute approximate surface area is 116 Å². The molecule has 0 amide bonds. The summed E-state index contributed by atoms with van der Waals surface area (Å²) in [6.45, 7) is 0. The van der Waals surface area contributed by atoms with Crippen molar-refractivity contribution in [2.24, 2.45) is 0 Å². The topological polar surface area (TPSA) is 46.5 Å². The van der Waals surface area contributed by atoms with E-state index >= 15 is 0 Å². The Kier molecular flexibility index (Phi) is 4.47. The highest BCUT2D eigenvalue weighted by atomic mass is 32.2. The van der Waals surface area contributed by atoms with Gasteiger partial charge in [-0.1, -0.05) is 42.5 Å². The molecule has 0 heterocycles. The molecule has 19 heavy (non-hydrogen) atoms. The van der Waals surface area contributed by atoms with Crippen LogP contribution in [0.1, 0.15) is 10.8 Å². The van der Waals surface area contributed by atoms with Crippen molar-refractivity contribution in [3.8, 4) is 5.75 Å². The van der Waals surface area contributed by atoms with E-state index in [4.69, 9.17) is 4.74 Å². The number of aliphatic carboxylic acids is 1. The van der Waals surface area contributed by atoms with Gasteiger partial charge in [-0.2, -0.15) is 0 Å². The summed E-state index contributed by atoms with van der Waals surface area (Å²) in [6, 6.07) is 16.6. The van der Waals surface area contributed by atoms with Gasteiger partial charge in [0.05, 0.1) is 12.0 Å². The average Bonchev–Trinajstić information content (AvgIpc) is 2.45. The van der Waals surface area contributed by atoms with Crippen LogP contribution in [0.5, 0.6) is 5.75 Å². The molecular weight excluding hydrogens is 260 g/mol. The molecule has 98 valence electrons. The Morgan fingerprint density at radius 2 is 1.74 bits per heavy atom. The van der Waals surface area contributed by atoms with Gasteiger partial charge in [-0.25, -0.2) is 0 Å². The van der Waals surface area contributed by atoms with Crippen LogP contribution < -0.4 is 4.74 Å². The van der Waals surface area contributed by atoms with Crippen LogP contribution in [-0.2, 0) is 4.79 Å². The van der Waals surface area contributed by atoms with Crippen LogP contribution in [0.4, 0.5) is 0 Å². The molecule has 0 aliphatic heterocycles. The molecule has 0 aliphatic carbocycles. The summed E-state index contributed by atoms with van der Waals surface area (Å²) in [5.74, 6) is -0.170. The normalized spacial score (nSPS) is 11.8. The Bertz CT molecular complexity index is 554. The minimum absolute atomic E-state index is 0.641. The van der Waals surface area contributed by atoms with Gasteiger partial charge in [0, 0.05) is 0 Å². The van der Waals surface area contributed by atoms with Crippen LogP contribution in [0.25, 0.3) is 0 Å². The number of thioether (sulfide) groups is 1. The van der Waals surface area contributed by atoms with Crippen LogP contribution in [0.15, 0.2) is 59.5 Å². The zero-order chi connectivity index (χ0) is 13.7. The predicted molar refractivity (Wildman–Crippen MR) is 75.7 cm³/mol. The van der Waals surface area contributed by atoms with Crippen LogP contribution in [0, 0.1) is 0 Å². The second-order valence-electron chi connectivity index (χ2n) is 3.90. The van der Waals surface area contributed by atoms with Crippen molar-refractivity contribution in [2.45, 2.75) is 10.1 Å². The molecule has 0 saturated carbocycles. The largest absolute Gasteiger partial charge is 0.496 e. The molecule has 4 heteroatoms. The van der Waals surface area contributed by atoms with Crippen LogP contribution in [0.2, 0.25) is 0 Å². The van der Waals surface area contributed by atoms with Crippen molar-refractivity contribution in [2.75, 3.05) is 7.11 Å². The molecule has 1 unspecified atom stereocenters. The molecule has 1 N–H and O–H groups in total. The third-order valence-electron chi connectivity index (χ3n) is 2.64. The smallest absolute Gasteiger partial charge is 0.321 e. The van der Waals surface area contributed by atoms with E-state index in [2.05, 4.69) is 0 Å². The van der Waals surface area contributed by atoms with Gasteiger partial charge in [-0.05, 0) is 17.7 Å². The van der Waals surface area contributed by atoms with E-state index in [-0.39, 0.29) is 0 Å². The standard InChI is InChI=1S/C15H14O3S/c1-18-12-9-5-6-10-13(12)19-14(15(16)17)11-7-3-2-4-8-11/h2-10,14H,1H3,(H,16,17). The van der Waals surface area contributed by atoms with Gasteiger partial charge in [-0.15, -0.1) is 11.8 Å². The van der Waals surface area contributed by atoms with Crippen molar-refractivity contribution >= 4 is 17.7 Å². The van der Waals surface area contributed by atoms with E-state index in [0.29, 0.717) is 5.75 Å². The summed E-state index contributed by atoms with van der Waals surface area (Å²) in [4.78, 5) is 12.3. The Morgan fingerprint density at radius 3 is 2.37 bits per heavy atom. The number of carboxylic acid groups (broad SMARTS) is 1. The van der Waals surface area contributed by atoms with E-state index in [9.17, 15) is 9.90 Å². The SMILES string of the molecule is COc1ccccc1SC(C(=O)O)c1ccccc1. The van der Waals surface area contributed by atoms with Gasteiger partial charge in [0.2, 0.25) is 0 Å². The van der Waals surface area contributed by atoms with Crippen molar-refractivity contribution in [1.82, 2.24) is 0 Å². The number of benzene rings is 2. The zero-order valence-corrected chi connectivity index (χ0v) is 11.3. The zero-order valence-electron chi connectivity index (χ0n) is 10.4. The van der Waals surface area contributed by atoms with Crippen LogP contribution in [-0.4, -0.2) is 18.2 Å². The Balaban J connectivity index is 2.30. The first-order chi connectivity index (χ1) is 9.22. The summed E-state index contributed by atoms with van der Waals surface area (Å²) in [7, 11) is 1.58. The second-order valence-corrected chi connectivity index (χ2v) is 5.04. The first-order valence-corrected chi connectivity index (χ1v) is 6.67. The number of para-hydroxylation sites is 1. The van der Waals surface area contributed by atoms with Gasteiger partial charge >= 0.3 is 5.97 Å². The van der Waals surface area contributed by atoms with Crippen molar-refractivity contribution in [3.05, 3.63) is 60.2 Å². The molecule has 2 aromatic carbocycles. The number of hydrogen-bond donors (Lipinski definition) is 1. The van der Waals surface area contributed by atoms with E-state index in [1.165, 1.54) is 11.8 Å². The van der Waals surface area contributed by atoms with Gasteiger partial charge in [0.25, 0.3) is 0 Å². The first kappa shape index (κ1) is 13.5. The highest BCUT2D eigenvalue weighted by molar-refractivity contribution is 8.00. The van der Waals surface area contributed by atoms with E-state index in [0.717, 1.165) is 10.5 Å². The third kappa shape index (κ3) is 3.29. The van der Waals surface area contributed by atoms with E-state index in [1.54, 1.807) is 7.11 Å². The van der Waals surface area contributed by atoms with Crippen LogP contribution in [0.3, 0.4) is 0 Å². The van der Waals surface area contributed by atoms with Crippen molar-refractivity contribution in [3.63, 3.8) is 0 Å². The Hall–Kier alpha value is -1.94. The van der Waals surface area contributed by atoms with E-state index < -0.39 is 11.2 Å². The molecule has 2 rings (SSSR count). The molecule has 0 aliphatic rings. The van der Waals surface area contributed by atoms with Crippen molar-refractivity contribution in [1.29, 1.82) is 0 Å². The number of hydrogen-bond acceptors (Lipinski definition) is 3. The molecule has 0 fully saturated rings. The van der Waals surface area contributed by atoms with Gasteiger partial charge < -0.3 is 9.84 Å². The first-order valence-electron chi connectivity index (χ1n) is 5.80. The monoisotopic (exact) mass is 274 g/mol. The summed E-state index contributed by atoms with van der Waals surface area (Å²) >= 11 is 1.28. The highest BCUT2D eigenvalue weighted by Gasteiger charge is 2.22. The summed E-state index contributed by atoms with van der Waals surface area (Å²) in [5.41, 5.74) is 0.769. The summed E-state index contributed by atoms with van der Waals surface area (Å²) in [6.07, 6.45) is 0. The quantitative estimate of drug-likeness (QED) is 0.846. The minimum Gasteiger partial charge on any atom is -0.496 e. The average molecular weight is 274 g/mol. The highest BCUT2D eigenvalue weighted by Crippen LogP contribution is 2.39. The molecule has 0 aromatic heterocycles. The molecule has 2 aromatic rings. The lowest BCUT2D eigenvalue weighted by Gasteiger charge is -2.14. The Morgan fingerprint density at radius 1 is 1.11 bits per heavy atom. The molecular formula is C15H14O3S. The molecule has 0 saturated heterocycles. The van der Waals surface area contributed by atoms with Gasteiger partial charge in [0.15, 0.2) is 0 Å². The summed E-state index contributed by atoms with van der Waals surface area (Å²) in [5, 5.41) is 8.75. The number of ether oxygens (including phenoxy) is 1. The van der Waals surface area contributed by atoms with Gasteiger partial charge in [-0.3, -0.25) is 4.79 Å². The maximum atomic E-state index is 11.4. The van der Waals surface area contributed by atoms with Crippen molar-refractivity contribution < 1.29 is 14.6 Å². The molecule has 0 spiro atoms. The van der Waals surface area contributed by atoms with Gasteiger partial charge in [0.1, 0.15) is 11.0 Å². The predicted octanol–water partition coefficient (Wildman–Crippen LogP) is 3.61. The summed E-state index contributed by atoms with van der Waals surface area (Å²) < 4.78 is 5.25. The molecule has 0 radical (unpaired) electrons. The minimum atomic E-state index is -0.859. The fourth-order valence-electron chi connectivity index (χ4n) is 1.73. The van der Waals surface area contributed by atoms with E-state index in [1.807, 2.05) is 54.6 Å². The lowest BCUT2D eigenvalue weighted by molar-refractivity contribution is -0.136. The number of methoxy groups -OCH3 is 1. The third-order valence-corrected chi connectivity index (χ3v) is 3.94. The maximum absolute atomic E-state index is 11.4. The second kappa shape index (κ2) is 6.29. The van der Waals surface area contributed by atoms with Crippen LogP contribution >= 0.6 is 11.8 Å². The number of rotatable bonds is 5. The number of carboxylic acids is 1. The lowest BCUT2D eigenvalue weighted by Crippen LogP contribution is -2.07. The molecule has 3 nitrogen and oxygen atoms in total. The molecule has 1 atom stereocenters.